The summed E-state index contributed by atoms with van der Waals surface area (Å²) in [7, 11) is 0. The summed E-state index contributed by atoms with van der Waals surface area (Å²) in [6.45, 7) is 1.76. The minimum absolute atomic E-state index is 0.119. The van der Waals surface area contributed by atoms with E-state index < -0.39 is 12.0 Å². The van der Waals surface area contributed by atoms with Crippen molar-refractivity contribution in [3.8, 4) is 0 Å². The summed E-state index contributed by atoms with van der Waals surface area (Å²) in [5, 5.41) is 11.4. The fourth-order valence-corrected chi connectivity index (χ4v) is 3.01. The van der Waals surface area contributed by atoms with Crippen LogP contribution in [0.4, 0.5) is 0 Å². The van der Waals surface area contributed by atoms with Gasteiger partial charge >= 0.3 is 5.97 Å². The minimum atomic E-state index is -0.949. The van der Waals surface area contributed by atoms with Crippen molar-refractivity contribution in [3.05, 3.63) is 0 Å². The molecule has 0 aliphatic carbocycles. The van der Waals surface area contributed by atoms with E-state index in [1.807, 2.05) is 11.8 Å². The highest BCUT2D eigenvalue weighted by Gasteiger charge is 2.21. The molecule has 0 spiro atoms. The fourth-order valence-electron chi connectivity index (χ4n) is 1.80. The van der Waals surface area contributed by atoms with Crippen molar-refractivity contribution in [2.24, 2.45) is 5.92 Å². The van der Waals surface area contributed by atoms with Crippen LogP contribution >= 0.6 is 11.8 Å². The Labute approximate surface area is 100 Å². The van der Waals surface area contributed by atoms with Gasteiger partial charge in [-0.2, -0.15) is 11.8 Å². The van der Waals surface area contributed by atoms with Crippen LogP contribution in [0.2, 0.25) is 0 Å². The highest BCUT2D eigenvalue weighted by molar-refractivity contribution is 7.99. The molecule has 1 aliphatic heterocycles. The Morgan fingerprint density at radius 3 is 2.56 bits per heavy atom. The van der Waals surface area contributed by atoms with Crippen LogP contribution in [0.3, 0.4) is 0 Å². The summed E-state index contributed by atoms with van der Waals surface area (Å²) in [6.07, 6.45) is 3.05. The molecule has 0 aromatic rings. The lowest BCUT2D eigenvalue weighted by atomic mass is 9.98. The second-order valence-corrected chi connectivity index (χ2v) is 5.35. The highest BCUT2D eigenvalue weighted by atomic mass is 32.2. The number of hydrogen-bond acceptors (Lipinski definition) is 3. The van der Waals surface area contributed by atoms with E-state index in [0.29, 0.717) is 18.8 Å². The molecule has 0 aromatic carbocycles. The van der Waals surface area contributed by atoms with Gasteiger partial charge in [0.1, 0.15) is 6.04 Å². The minimum Gasteiger partial charge on any atom is -0.480 e. The molecule has 1 heterocycles. The maximum atomic E-state index is 11.6. The van der Waals surface area contributed by atoms with E-state index in [0.717, 1.165) is 24.3 Å². The smallest absolute Gasteiger partial charge is 0.326 e. The van der Waals surface area contributed by atoms with E-state index in [2.05, 4.69) is 5.32 Å². The van der Waals surface area contributed by atoms with Crippen molar-refractivity contribution >= 4 is 23.6 Å². The summed E-state index contributed by atoms with van der Waals surface area (Å²) < 4.78 is 0. The molecule has 0 radical (unpaired) electrons. The molecule has 1 saturated heterocycles. The van der Waals surface area contributed by atoms with Gasteiger partial charge in [0.15, 0.2) is 0 Å². The van der Waals surface area contributed by atoms with Crippen molar-refractivity contribution in [2.45, 2.75) is 38.6 Å². The molecule has 1 amide bonds. The first-order chi connectivity index (χ1) is 7.63. The number of hydrogen-bond donors (Lipinski definition) is 2. The molecule has 16 heavy (non-hydrogen) atoms. The first-order valence-corrected chi connectivity index (χ1v) is 6.88. The zero-order valence-corrected chi connectivity index (χ0v) is 10.4. The number of carbonyl (C=O) groups excluding carboxylic acids is 1. The molecular weight excluding hydrogens is 226 g/mol. The Balaban J connectivity index is 2.31. The van der Waals surface area contributed by atoms with E-state index in [-0.39, 0.29) is 5.91 Å². The predicted octanol–water partition coefficient (Wildman–Crippen LogP) is 1.50. The lowest BCUT2D eigenvalue weighted by Crippen LogP contribution is -2.41. The maximum absolute atomic E-state index is 11.6. The molecule has 1 aliphatic rings. The van der Waals surface area contributed by atoms with Crippen molar-refractivity contribution < 1.29 is 14.7 Å². The van der Waals surface area contributed by atoms with Gasteiger partial charge in [-0.15, -0.1) is 0 Å². The van der Waals surface area contributed by atoms with Gasteiger partial charge in [-0.1, -0.05) is 6.92 Å². The van der Waals surface area contributed by atoms with Crippen LogP contribution in [0.5, 0.6) is 0 Å². The van der Waals surface area contributed by atoms with Gasteiger partial charge in [0.2, 0.25) is 5.91 Å². The van der Waals surface area contributed by atoms with Gasteiger partial charge in [-0.25, -0.2) is 4.79 Å². The average Bonchev–Trinajstić information content (AvgIpc) is 2.27. The van der Waals surface area contributed by atoms with Gasteiger partial charge in [0, 0.05) is 6.42 Å². The number of carboxylic acids is 1. The first-order valence-electron chi connectivity index (χ1n) is 5.73. The van der Waals surface area contributed by atoms with Crippen LogP contribution in [-0.4, -0.2) is 34.5 Å². The zero-order chi connectivity index (χ0) is 12.0. The quantitative estimate of drug-likeness (QED) is 0.770. The summed E-state index contributed by atoms with van der Waals surface area (Å²) in [6, 6.07) is -0.731. The lowest BCUT2D eigenvalue weighted by molar-refractivity contribution is -0.142. The average molecular weight is 245 g/mol. The lowest BCUT2D eigenvalue weighted by Gasteiger charge is -2.21. The van der Waals surface area contributed by atoms with Gasteiger partial charge in [0.25, 0.3) is 0 Å². The third-order valence-corrected chi connectivity index (χ3v) is 3.91. The zero-order valence-electron chi connectivity index (χ0n) is 9.57. The number of carboxylic acid groups (broad SMARTS) is 1. The second-order valence-electron chi connectivity index (χ2n) is 4.13. The van der Waals surface area contributed by atoms with Crippen LogP contribution in [0.15, 0.2) is 0 Å². The topological polar surface area (TPSA) is 66.4 Å². The summed E-state index contributed by atoms with van der Waals surface area (Å²) in [5.41, 5.74) is 0. The molecule has 4 nitrogen and oxygen atoms in total. The van der Waals surface area contributed by atoms with E-state index in [4.69, 9.17) is 5.11 Å². The Hall–Kier alpha value is -0.710. The molecular formula is C11H19NO3S. The van der Waals surface area contributed by atoms with Crippen LogP contribution in [-0.2, 0) is 9.59 Å². The van der Waals surface area contributed by atoms with Crippen LogP contribution in [0.25, 0.3) is 0 Å². The third kappa shape index (κ3) is 4.43. The summed E-state index contributed by atoms with van der Waals surface area (Å²) >= 11 is 1.92. The molecule has 2 N–H and O–H groups in total. The Morgan fingerprint density at radius 1 is 1.44 bits per heavy atom. The Bertz CT molecular complexity index is 252. The molecule has 0 aromatic heterocycles. The molecule has 92 valence electrons. The van der Waals surface area contributed by atoms with E-state index >= 15 is 0 Å². The monoisotopic (exact) mass is 245 g/mol. The largest absolute Gasteiger partial charge is 0.480 e. The van der Waals surface area contributed by atoms with Crippen LogP contribution in [0, 0.1) is 5.92 Å². The molecule has 1 fully saturated rings. The van der Waals surface area contributed by atoms with Crippen molar-refractivity contribution in [1.82, 2.24) is 5.32 Å². The van der Waals surface area contributed by atoms with Crippen molar-refractivity contribution in [3.63, 3.8) is 0 Å². The fraction of sp³-hybridized carbons (Fsp3) is 0.818. The van der Waals surface area contributed by atoms with E-state index in [1.54, 1.807) is 6.92 Å². The normalized spacial score (nSPS) is 19.1. The number of nitrogens with one attached hydrogen (secondary N) is 1. The summed E-state index contributed by atoms with van der Waals surface area (Å²) in [5.74, 6) is 1.61. The predicted molar refractivity (Wildman–Crippen MR) is 64.5 cm³/mol. The number of carbonyl (C=O) groups is 2. The maximum Gasteiger partial charge on any atom is 0.326 e. The summed E-state index contributed by atoms with van der Waals surface area (Å²) in [4.78, 5) is 22.3. The number of aliphatic carboxylic acids is 1. The first kappa shape index (κ1) is 13.4. The van der Waals surface area contributed by atoms with E-state index in [9.17, 15) is 9.59 Å². The van der Waals surface area contributed by atoms with Gasteiger partial charge in [0.05, 0.1) is 0 Å². The van der Waals surface area contributed by atoms with Crippen LogP contribution in [0.1, 0.15) is 32.6 Å². The number of thioether (sulfide) groups is 1. The van der Waals surface area contributed by atoms with E-state index in [1.165, 1.54) is 0 Å². The third-order valence-electron chi connectivity index (χ3n) is 2.86. The van der Waals surface area contributed by atoms with Gasteiger partial charge in [-0.05, 0) is 36.7 Å². The van der Waals surface area contributed by atoms with Gasteiger partial charge < -0.3 is 10.4 Å². The molecule has 5 heteroatoms. The molecule has 0 saturated carbocycles. The number of rotatable bonds is 5. The Kier molecular flexibility index (Phi) is 5.66. The van der Waals surface area contributed by atoms with Gasteiger partial charge in [-0.3, -0.25) is 4.79 Å². The van der Waals surface area contributed by atoms with Crippen molar-refractivity contribution in [2.75, 3.05) is 11.5 Å². The Morgan fingerprint density at radius 2 is 2.06 bits per heavy atom. The number of amides is 1. The SMILES string of the molecule is CC[C@H](NC(=O)CC1CCSCC1)C(=O)O. The standard InChI is InChI=1S/C11H19NO3S/c1-2-9(11(14)15)12-10(13)7-8-3-5-16-6-4-8/h8-9H,2-7H2,1H3,(H,12,13)(H,14,15)/t9-/m0/s1. The molecule has 1 atom stereocenters. The molecule has 0 unspecified atom stereocenters. The molecule has 1 rings (SSSR count). The highest BCUT2D eigenvalue weighted by Crippen LogP contribution is 2.25. The van der Waals surface area contributed by atoms with Crippen LogP contribution < -0.4 is 5.32 Å². The second kappa shape index (κ2) is 6.78. The molecule has 0 bridgehead atoms. The van der Waals surface area contributed by atoms with Crippen molar-refractivity contribution in [1.29, 1.82) is 0 Å².